The van der Waals surface area contributed by atoms with Crippen LogP contribution in [0.2, 0.25) is 10.0 Å². The van der Waals surface area contributed by atoms with Crippen molar-refractivity contribution in [2.45, 2.75) is 0 Å². The number of nitrogens with one attached hydrogen (secondary N) is 1. The third kappa shape index (κ3) is 4.42. The molecule has 0 radical (unpaired) electrons. The number of hydrogen-bond acceptors (Lipinski definition) is 4. The van der Waals surface area contributed by atoms with Crippen molar-refractivity contribution < 1.29 is 4.79 Å². The average molecular weight is 384 g/mol. The molecule has 0 spiro atoms. The number of nitrogens with two attached hydrogens (primary N) is 1. The maximum Gasteiger partial charge on any atom is 0.185 e. The predicted octanol–water partition coefficient (Wildman–Crippen LogP) is 5.61. The minimum absolute atomic E-state index is 0.121. The van der Waals surface area contributed by atoms with Gasteiger partial charge in [0.15, 0.2) is 5.78 Å². The smallest absolute Gasteiger partial charge is 0.185 e. The van der Waals surface area contributed by atoms with E-state index < -0.39 is 0 Å². The van der Waals surface area contributed by atoms with E-state index >= 15 is 0 Å². The topological polar surface area (TPSA) is 68.0 Å². The summed E-state index contributed by atoms with van der Waals surface area (Å²) in [5, 5.41) is 4.19. The third-order valence-corrected chi connectivity index (χ3v) is 4.18. The second-order valence-corrected chi connectivity index (χ2v) is 6.35. The summed E-state index contributed by atoms with van der Waals surface area (Å²) in [5.74, 6) is 0.461. The number of halogens is 2. The third-order valence-electron chi connectivity index (χ3n) is 3.63. The number of hydrogen-bond donors (Lipinski definition) is 2. The van der Waals surface area contributed by atoms with Crippen LogP contribution in [0.5, 0.6) is 0 Å². The van der Waals surface area contributed by atoms with Crippen molar-refractivity contribution >= 4 is 52.3 Å². The zero-order valence-corrected chi connectivity index (χ0v) is 15.1. The van der Waals surface area contributed by atoms with Crippen LogP contribution in [0.1, 0.15) is 15.9 Å². The molecule has 1 aromatic heterocycles. The van der Waals surface area contributed by atoms with E-state index in [0.717, 1.165) is 5.56 Å². The van der Waals surface area contributed by atoms with Gasteiger partial charge in [-0.1, -0.05) is 23.2 Å². The van der Waals surface area contributed by atoms with Gasteiger partial charge in [0.25, 0.3) is 0 Å². The second-order valence-electron chi connectivity index (χ2n) is 5.51. The summed E-state index contributed by atoms with van der Waals surface area (Å²) in [6.45, 7) is 0. The van der Waals surface area contributed by atoms with Gasteiger partial charge in [-0.05, 0) is 66.7 Å². The first-order chi connectivity index (χ1) is 12.5. The van der Waals surface area contributed by atoms with Crippen molar-refractivity contribution in [2.24, 2.45) is 0 Å². The van der Waals surface area contributed by atoms with Gasteiger partial charge in [0.05, 0.1) is 10.7 Å². The molecule has 0 atom stereocenters. The van der Waals surface area contributed by atoms with E-state index in [0.29, 0.717) is 32.8 Å². The van der Waals surface area contributed by atoms with Gasteiger partial charge < -0.3 is 11.1 Å². The molecular weight excluding hydrogens is 369 g/mol. The number of carbonyl (C=O) groups excluding carboxylic acids is 1. The van der Waals surface area contributed by atoms with Crippen LogP contribution >= 0.6 is 23.2 Å². The number of allylic oxidation sites excluding steroid dienone is 1. The van der Waals surface area contributed by atoms with Gasteiger partial charge in [0.1, 0.15) is 5.82 Å². The highest BCUT2D eigenvalue weighted by Crippen LogP contribution is 2.29. The Labute approximate surface area is 161 Å². The largest absolute Gasteiger partial charge is 0.399 e. The van der Waals surface area contributed by atoms with Crippen LogP contribution in [-0.2, 0) is 0 Å². The summed E-state index contributed by atoms with van der Waals surface area (Å²) in [4.78, 5) is 16.6. The summed E-state index contributed by atoms with van der Waals surface area (Å²) >= 11 is 12.1. The lowest BCUT2D eigenvalue weighted by Gasteiger charge is -2.10. The highest BCUT2D eigenvalue weighted by molar-refractivity contribution is 6.36. The van der Waals surface area contributed by atoms with E-state index in [4.69, 9.17) is 28.9 Å². The van der Waals surface area contributed by atoms with Crippen LogP contribution in [0.15, 0.2) is 66.9 Å². The summed E-state index contributed by atoms with van der Waals surface area (Å²) in [6.07, 6.45) is 4.86. The Morgan fingerprint density at radius 2 is 1.85 bits per heavy atom. The fraction of sp³-hybridized carbons (Fsp3) is 0. The lowest BCUT2D eigenvalue weighted by molar-refractivity contribution is 0.104. The zero-order valence-electron chi connectivity index (χ0n) is 13.6. The minimum atomic E-state index is -0.121. The Morgan fingerprint density at radius 1 is 1.08 bits per heavy atom. The van der Waals surface area contributed by atoms with Crippen molar-refractivity contribution in [3.63, 3.8) is 0 Å². The van der Waals surface area contributed by atoms with Crippen molar-refractivity contribution in [3.05, 3.63) is 88.0 Å². The van der Waals surface area contributed by atoms with Gasteiger partial charge in [-0.3, -0.25) is 4.79 Å². The fourth-order valence-corrected chi connectivity index (χ4v) is 2.74. The van der Waals surface area contributed by atoms with E-state index in [1.165, 1.54) is 6.08 Å². The van der Waals surface area contributed by atoms with Gasteiger partial charge in [-0.25, -0.2) is 4.98 Å². The molecule has 0 aliphatic carbocycles. The monoisotopic (exact) mass is 383 g/mol. The Bertz CT molecular complexity index is 969. The zero-order chi connectivity index (χ0) is 18.5. The van der Waals surface area contributed by atoms with Crippen LogP contribution in [-0.4, -0.2) is 10.8 Å². The Morgan fingerprint density at radius 3 is 2.58 bits per heavy atom. The average Bonchev–Trinajstić information content (AvgIpc) is 2.63. The number of benzene rings is 2. The highest BCUT2D eigenvalue weighted by atomic mass is 35.5. The number of rotatable bonds is 5. The van der Waals surface area contributed by atoms with Crippen LogP contribution in [0.3, 0.4) is 0 Å². The summed E-state index contributed by atoms with van der Waals surface area (Å²) in [7, 11) is 0. The van der Waals surface area contributed by atoms with Crippen LogP contribution in [0, 0.1) is 0 Å². The maximum absolute atomic E-state index is 12.3. The van der Waals surface area contributed by atoms with E-state index in [-0.39, 0.29) is 5.78 Å². The SMILES string of the molecule is Nc1ccc(C(=O)/C=C/c2cccnc2Nc2ccc(Cl)cc2Cl)cc1. The summed E-state index contributed by atoms with van der Waals surface area (Å²) in [5.41, 5.74) is 8.25. The number of nitrogens with zero attached hydrogens (tertiary/aromatic N) is 1. The number of carbonyl (C=O) groups is 1. The molecule has 3 aromatic rings. The number of aromatic nitrogens is 1. The molecular formula is C20H15Cl2N3O. The number of ketones is 1. The quantitative estimate of drug-likeness (QED) is 0.341. The molecule has 0 unspecified atom stereocenters. The second kappa shape index (κ2) is 8.04. The molecule has 26 heavy (non-hydrogen) atoms. The molecule has 4 nitrogen and oxygen atoms in total. The van der Waals surface area contributed by atoms with E-state index in [2.05, 4.69) is 10.3 Å². The summed E-state index contributed by atoms with van der Waals surface area (Å²) in [6, 6.07) is 15.6. The molecule has 0 saturated heterocycles. The molecule has 0 amide bonds. The van der Waals surface area contributed by atoms with E-state index in [9.17, 15) is 4.79 Å². The molecule has 130 valence electrons. The molecule has 3 N–H and O–H groups in total. The van der Waals surface area contributed by atoms with Gasteiger partial charge in [-0.15, -0.1) is 0 Å². The van der Waals surface area contributed by atoms with Gasteiger partial charge >= 0.3 is 0 Å². The van der Waals surface area contributed by atoms with E-state index in [1.807, 2.05) is 6.07 Å². The first-order valence-corrected chi connectivity index (χ1v) is 8.53. The molecule has 0 bridgehead atoms. The lowest BCUT2D eigenvalue weighted by Crippen LogP contribution is -1.98. The maximum atomic E-state index is 12.3. The molecule has 0 aliphatic rings. The van der Waals surface area contributed by atoms with Crippen LogP contribution in [0.4, 0.5) is 17.2 Å². The number of anilines is 3. The Hall–Kier alpha value is -2.82. The summed E-state index contributed by atoms with van der Waals surface area (Å²) < 4.78 is 0. The molecule has 2 aromatic carbocycles. The predicted molar refractivity (Wildman–Crippen MR) is 108 cm³/mol. The minimum Gasteiger partial charge on any atom is -0.399 e. The van der Waals surface area contributed by atoms with Crippen molar-refractivity contribution in [1.82, 2.24) is 4.98 Å². The first kappa shape index (κ1) is 18.0. The van der Waals surface area contributed by atoms with Gasteiger partial charge in [-0.2, -0.15) is 0 Å². The molecule has 3 rings (SSSR count). The normalized spacial score (nSPS) is 10.8. The van der Waals surface area contributed by atoms with Crippen LogP contribution in [0.25, 0.3) is 6.08 Å². The Balaban J connectivity index is 1.82. The number of nitrogen functional groups attached to an aromatic ring is 1. The molecule has 0 saturated carbocycles. The van der Waals surface area contributed by atoms with Crippen molar-refractivity contribution in [3.8, 4) is 0 Å². The van der Waals surface area contributed by atoms with E-state index in [1.54, 1.807) is 60.8 Å². The highest BCUT2D eigenvalue weighted by Gasteiger charge is 2.06. The number of pyridine rings is 1. The molecule has 0 fully saturated rings. The fourth-order valence-electron chi connectivity index (χ4n) is 2.28. The first-order valence-electron chi connectivity index (χ1n) is 7.78. The molecule has 1 heterocycles. The van der Waals surface area contributed by atoms with Gasteiger partial charge in [0, 0.05) is 28.0 Å². The Kier molecular flexibility index (Phi) is 5.56. The van der Waals surface area contributed by atoms with Crippen molar-refractivity contribution in [1.29, 1.82) is 0 Å². The van der Waals surface area contributed by atoms with Crippen molar-refractivity contribution in [2.75, 3.05) is 11.1 Å². The standard InChI is InChI=1S/C20H15Cl2N3O/c21-15-6-9-18(17(22)12-15)25-20-14(2-1-11-24-20)5-10-19(26)13-3-7-16(23)8-4-13/h1-12H,23H2,(H,24,25)/b10-5+. The van der Waals surface area contributed by atoms with Gasteiger partial charge in [0.2, 0.25) is 0 Å². The molecule has 6 heteroatoms. The lowest BCUT2D eigenvalue weighted by atomic mass is 10.1. The molecule has 0 aliphatic heterocycles. The van der Waals surface area contributed by atoms with Crippen LogP contribution < -0.4 is 11.1 Å².